The Bertz CT molecular complexity index is 1130. The van der Waals surface area contributed by atoms with Gasteiger partial charge in [0.15, 0.2) is 0 Å². The lowest BCUT2D eigenvalue weighted by molar-refractivity contribution is 0.631. The summed E-state index contributed by atoms with van der Waals surface area (Å²) < 4.78 is 14.5. The molecule has 0 saturated heterocycles. The van der Waals surface area contributed by atoms with Crippen molar-refractivity contribution in [3.8, 4) is 22.4 Å². The van der Waals surface area contributed by atoms with Crippen LogP contribution >= 0.6 is 11.6 Å². The lowest BCUT2D eigenvalue weighted by Crippen LogP contribution is -1.93. The second kappa shape index (κ2) is 6.54. The molecule has 0 N–H and O–H groups in total. The van der Waals surface area contributed by atoms with Crippen molar-refractivity contribution in [2.45, 2.75) is 13.8 Å². The van der Waals surface area contributed by atoms with Gasteiger partial charge < -0.3 is 0 Å². The topological polar surface area (TPSA) is 12.9 Å². The summed E-state index contributed by atoms with van der Waals surface area (Å²) in [5.41, 5.74) is 6.36. The zero-order valence-corrected chi connectivity index (χ0v) is 15.3. The van der Waals surface area contributed by atoms with E-state index in [2.05, 4.69) is 32.0 Å². The summed E-state index contributed by atoms with van der Waals surface area (Å²) in [6, 6.07) is 20.6. The second-order valence-corrected chi connectivity index (χ2v) is 6.95. The first kappa shape index (κ1) is 16.7. The highest BCUT2D eigenvalue weighted by atomic mass is 35.5. The van der Waals surface area contributed by atoms with Gasteiger partial charge in [-0.2, -0.15) is 0 Å². The van der Waals surface area contributed by atoms with Gasteiger partial charge in [-0.15, -0.1) is 0 Å². The van der Waals surface area contributed by atoms with Gasteiger partial charge in [-0.25, -0.2) is 9.37 Å². The van der Waals surface area contributed by atoms with Crippen molar-refractivity contribution >= 4 is 22.5 Å². The zero-order chi connectivity index (χ0) is 18.3. The van der Waals surface area contributed by atoms with Gasteiger partial charge in [0.25, 0.3) is 0 Å². The molecule has 0 amide bonds. The van der Waals surface area contributed by atoms with Gasteiger partial charge in [0, 0.05) is 21.5 Å². The quantitative estimate of drug-likeness (QED) is 0.375. The minimum Gasteiger partial charge on any atom is -0.248 e. The third-order valence-electron chi connectivity index (χ3n) is 4.59. The van der Waals surface area contributed by atoms with E-state index in [-0.39, 0.29) is 5.82 Å². The Labute approximate surface area is 157 Å². The van der Waals surface area contributed by atoms with Gasteiger partial charge in [-0.1, -0.05) is 53.6 Å². The SMILES string of the molecule is Cc1ccc(-c2cc(-c3ccccc3F)c3cc(Cl)ccc3n2)c(C)c1. The molecule has 0 radical (unpaired) electrons. The van der Waals surface area contributed by atoms with Gasteiger partial charge in [-0.3, -0.25) is 0 Å². The molecule has 0 atom stereocenters. The minimum absolute atomic E-state index is 0.258. The smallest absolute Gasteiger partial charge is 0.131 e. The van der Waals surface area contributed by atoms with E-state index < -0.39 is 0 Å². The van der Waals surface area contributed by atoms with Crippen LogP contribution in [0, 0.1) is 19.7 Å². The standard InChI is InChI=1S/C23H17ClFN/c1-14-7-9-17(15(2)11-14)23-13-19(18-5-3-4-6-21(18)25)20-12-16(24)8-10-22(20)26-23/h3-13H,1-2H3. The van der Waals surface area contributed by atoms with Gasteiger partial charge >= 0.3 is 0 Å². The van der Waals surface area contributed by atoms with Crippen LogP contribution in [0.15, 0.2) is 66.7 Å². The number of aryl methyl sites for hydroxylation is 2. The maximum absolute atomic E-state index is 14.5. The monoisotopic (exact) mass is 361 g/mol. The molecule has 1 aromatic heterocycles. The average Bonchev–Trinajstić information content (AvgIpc) is 2.61. The molecule has 0 bridgehead atoms. The van der Waals surface area contributed by atoms with Crippen LogP contribution in [0.1, 0.15) is 11.1 Å². The molecule has 0 aliphatic carbocycles. The number of benzene rings is 3. The normalized spacial score (nSPS) is 11.1. The van der Waals surface area contributed by atoms with E-state index in [0.717, 1.165) is 33.3 Å². The predicted molar refractivity (Wildman–Crippen MR) is 107 cm³/mol. The Hall–Kier alpha value is -2.71. The molecule has 26 heavy (non-hydrogen) atoms. The molecule has 0 saturated carbocycles. The number of hydrogen-bond acceptors (Lipinski definition) is 1. The summed E-state index contributed by atoms with van der Waals surface area (Å²) >= 11 is 6.20. The van der Waals surface area contributed by atoms with Crippen molar-refractivity contribution in [2.75, 3.05) is 0 Å². The summed E-state index contributed by atoms with van der Waals surface area (Å²) in [6.07, 6.45) is 0. The molecule has 0 spiro atoms. The minimum atomic E-state index is -0.258. The van der Waals surface area contributed by atoms with Crippen molar-refractivity contribution in [3.05, 3.63) is 88.7 Å². The largest absolute Gasteiger partial charge is 0.248 e. The van der Waals surface area contributed by atoms with Crippen LogP contribution in [0.3, 0.4) is 0 Å². The second-order valence-electron chi connectivity index (χ2n) is 6.51. The molecule has 1 nitrogen and oxygen atoms in total. The van der Waals surface area contributed by atoms with Crippen LogP contribution in [0.4, 0.5) is 4.39 Å². The van der Waals surface area contributed by atoms with Crippen LogP contribution < -0.4 is 0 Å². The lowest BCUT2D eigenvalue weighted by atomic mass is 9.96. The summed E-state index contributed by atoms with van der Waals surface area (Å²) in [7, 11) is 0. The first-order chi connectivity index (χ1) is 12.5. The summed E-state index contributed by atoms with van der Waals surface area (Å²) in [4.78, 5) is 4.81. The number of hydrogen-bond donors (Lipinski definition) is 0. The van der Waals surface area contributed by atoms with Crippen LogP contribution in [-0.2, 0) is 0 Å². The number of aromatic nitrogens is 1. The number of pyridine rings is 1. The third kappa shape index (κ3) is 2.97. The molecule has 3 heteroatoms. The molecule has 0 unspecified atom stereocenters. The maximum atomic E-state index is 14.5. The van der Waals surface area contributed by atoms with Crippen molar-refractivity contribution in [3.63, 3.8) is 0 Å². The highest BCUT2D eigenvalue weighted by molar-refractivity contribution is 6.31. The van der Waals surface area contributed by atoms with Gasteiger partial charge in [0.1, 0.15) is 5.82 Å². The first-order valence-electron chi connectivity index (χ1n) is 8.46. The molecule has 128 valence electrons. The molecule has 0 aliphatic heterocycles. The summed E-state index contributed by atoms with van der Waals surface area (Å²) in [6.45, 7) is 4.14. The van der Waals surface area contributed by atoms with Crippen LogP contribution in [0.5, 0.6) is 0 Å². The predicted octanol–water partition coefficient (Wildman–Crippen LogP) is 6.98. The molecule has 4 rings (SSSR count). The highest BCUT2D eigenvalue weighted by Crippen LogP contribution is 2.35. The van der Waals surface area contributed by atoms with Crippen molar-refractivity contribution in [2.24, 2.45) is 0 Å². The van der Waals surface area contributed by atoms with E-state index in [1.165, 1.54) is 11.6 Å². The Balaban J connectivity index is 2.06. The molecular formula is C23H17ClFN. The van der Waals surface area contributed by atoms with E-state index in [1.54, 1.807) is 12.1 Å². The molecule has 0 aliphatic rings. The third-order valence-corrected chi connectivity index (χ3v) is 4.83. The Morgan fingerprint density at radius 3 is 2.38 bits per heavy atom. The number of nitrogens with zero attached hydrogens (tertiary/aromatic N) is 1. The molecule has 3 aromatic carbocycles. The van der Waals surface area contributed by atoms with Crippen LogP contribution in [0.2, 0.25) is 5.02 Å². The number of fused-ring (bicyclic) bond motifs is 1. The molecule has 1 heterocycles. The molecule has 0 fully saturated rings. The van der Waals surface area contributed by atoms with Crippen molar-refractivity contribution in [1.29, 1.82) is 0 Å². The first-order valence-corrected chi connectivity index (χ1v) is 8.83. The fraction of sp³-hybridized carbons (Fsp3) is 0.0870. The lowest BCUT2D eigenvalue weighted by Gasteiger charge is -2.13. The number of halogens is 2. The summed E-state index contributed by atoms with van der Waals surface area (Å²) in [5, 5.41) is 1.45. The van der Waals surface area contributed by atoms with Crippen molar-refractivity contribution in [1.82, 2.24) is 4.98 Å². The Morgan fingerprint density at radius 2 is 1.62 bits per heavy atom. The van der Waals surface area contributed by atoms with Gasteiger partial charge in [0.05, 0.1) is 11.2 Å². The molecule has 4 aromatic rings. The van der Waals surface area contributed by atoms with Gasteiger partial charge in [-0.05, 0) is 55.3 Å². The van der Waals surface area contributed by atoms with Crippen LogP contribution in [-0.4, -0.2) is 4.98 Å². The zero-order valence-electron chi connectivity index (χ0n) is 14.6. The van der Waals surface area contributed by atoms with E-state index in [4.69, 9.17) is 16.6 Å². The fourth-order valence-corrected chi connectivity index (χ4v) is 3.51. The van der Waals surface area contributed by atoms with Crippen molar-refractivity contribution < 1.29 is 4.39 Å². The van der Waals surface area contributed by atoms with Gasteiger partial charge in [0.2, 0.25) is 0 Å². The van der Waals surface area contributed by atoms with Crippen LogP contribution in [0.25, 0.3) is 33.3 Å². The van der Waals surface area contributed by atoms with E-state index in [9.17, 15) is 4.39 Å². The highest BCUT2D eigenvalue weighted by Gasteiger charge is 2.14. The van der Waals surface area contributed by atoms with E-state index in [1.807, 2.05) is 30.3 Å². The number of rotatable bonds is 2. The summed E-state index contributed by atoms with van der Waals surface area (Å²) in [5.74, 6) is -0.258. The van der Waals surface area contributed by atoms with E-state index >= 15 is 0 Å². The fourth-order valence-electron chi connectivity index (χ4n) is 3.34. The average molecular weight is 362 g/mol. The molecular weight excluding hydrogens is 345 g/mol. The Morgan fingerprint density at radius 1 is 0.808 bits per heavy atom. The maximum Gasteiger partial charge on any atom is 0.131 e. The Kier molecular flexibility index (Phi) is 4.21. The van der Waals surface area contributed by atoms with E-state index in [0.29, 0.717) is 10.6 Å².